The lowest BCUT2D eigenvalue weighted by Crippen LogP contribution is -2.26. The summed E-state index contributed by atoms with van der Waals surface area (Å²) in [4.78, 5) is 25.7. The second-order valence-corrected chi connectivity index (χ2v) is 7.15. The van der Waals surface area contributed by atoms with Gasteiger partial charge in [0.15, 0.2) is 6.29 Å². The third-order valence-corrected chi connectivity index (χ3v) is 5.15. The van der Waals surface area contributed by atoms with E-state index in [2.05, 4.69) is 4.98 Å². The van der Waals surface area contributed by atoms with E-state index in [0.717, 1.165) is 33.3 Å². The lowest BCUT2D eigenvalue weighted by Gasteiger charge is -2.14. The highest BCUT2D eigenvalue weighted by Gasteiger charge is 2.18. The van der Waals surface area contributed by atoms with Crippen LogP contribution in [0.15, 0.2) is 70.3 Å². The van der Waals surface area contributed by atoms with Gasteiger partial charge in [0.25, 0.3) is 5.56 Å². The maximum Gasteiger partial charge on any atom is 0.251 e. The minimum atomic E-state index is -0.342. The standard InChI is InChI=1S/C14H15NO4.C10H9NO2/c1-17-11-3-4-12-10(8-11)2-5-13(16)15(12)9-14-18-6-7-19-14;1-13-8-3-4-9-7(6-8)2-5-10(12)11-9/h2-5,8,14H,6-7,9H2,1H3;2-6H,1H3,(H,11,12). The molecule has 1 N–H and O–H groups in total. The molecule has 32 heavy (non-hydrogen) atoms. The third kappa shape index (κ3) is 4.82. The molecule has 166 valence electrons. The van der Waals surface area contributed by atoms with Gasteiger partial charge in [0.05, 0.1) is 39.5 Å². The summed E-state index contributed by atoms with van der Waals surface area (Å²) in [5, 5.41) is 1.93. The highest BCUT2D eigenvalue weighted by atomic mass is 16.7. The van der Waals surface area contributed by atoms with Gasteiger partial charge in [-0.3, -0.25) is 9.59 Å². The number of hydrogen-bond donors (Lipinski definition) is 1. The Morgan fingerprint density at radius 3 is 2.25 bits per heavy atom. The molecule has 0 radical (unpaired) electrons. The van der Waals surface area contributed by atoms with E-state index in [1.807, 2.05) is 36.4 Å². The number of ether oxygens (including phenoxy) is 4. The smallest absolute Gasteiger partial charge is 0.251 e. The summed E-state index contributed by atoms with van der Waals surface area (Å²) in [6.07, 6.45) is -0.342. The van der Waals surface area contributed by atoms with E-state index >= 15 is 0 Å². The fraction of sp³-hybridized carbons (Fsp3) is 0.250. The third-order valence-electron chi connectivity index (χ3n) is 5.15. The molecular formula is C24H24N2O6. The monoisotopic (exact) mass is 436 g/mol. The van der Waals surface area contributed by atoms with E-state index in [0.29, 0.717) is 19.8 Å². The molecule has 8 nitrogen and oxygen atoms in total. The predicted octanol–water partition coefficient (Wildman–Crippen LogP) is 2.92. The van der Waals surface area contributed by atoms with Gasteiger partial charge in [-0.25, -0.2) is 0 Å². The zero-order chi connectivity index (χ0) is 22.5. The molecule has 0 atom stereocenters. The van der Waals surface area contributed by atoms with Crippen molar-refractivity contribution in [3.63, 3.8) is 0 Å². The fourth-order valence-corrected chi connectivity index (χ4v) is 3.52. The van der Waals surface area contributed by atoms with Crippen molar-refractivity contribution < 1.29 is 18.9 Å². The number of methoxy groups -OCH3 is 2. The Morgan fingerprint density at radius 1 is 0.875 bits per heavy atom. The molecule has 0 bridgehead atoms. The summed E-state index contributed by atoms with van der Waals surface area (Å²) in [5.74, 6) is 1.56. The van der Waals surface area contributed by atoms with Crippen LogP contribution < -0.4 is 20.6 Å². The summed E-state index contributed by atoms with van der Waals surface area (Å²) in [7, 11) is 3.24. The highest BCUT2D eigenvalue weighted by molar-refractivity contribution is 5.81. The van der Waals surface area contributed by atoms with E-state index in [1.165, 1.54) is 6.07 Å². The lowest BCUT2D eigenvalue weighted by atomic mass is 10.2. The van der Waals surface area contributed by atoms with Gasteiger partial charge < -0.3 is 28.5 Å². The van der Waals surface area contributed by atoms with Crippen molar-refractivity contribution in [2.24, 2.45) is 0 Å². The van der Waals surface area contributed by atoms with Gasteiger partial charge in [-0.2, -0.15) is 0 Å². The number of hydrogen-bond acceptors (Lipinski definition) is 6. The molecule has 1 aliphatic rings. The van der Waals surface area contributed by atoms with E-state index in [9.17, 15) is 9.59 Å². The Balaban J connectivity index is 0.000000165. The first-order valence-electron chi connectivity index (χ1n) is 10.2. The Hall–Kier alpha value is -3.62. The van der Waals surface area contributed by atoms with Crippen molar-refractivity contribution in [3.8, 4) is 11.5 Å². The molecule has 3 heterocycles. The molecule has 0 saturated carbocycles. The number of nitrogens with one attached hydrogen (secondary N) is 1. The number of fused-ring (bicyclic) bond motifs is 2. The number of benzene rings is 2. The van der Waals surface area contributed by atoms with E-state index in [4.69, 9.17) is 18.9 Å². The molecule has 0 unspecified atom stereocenters. The number of pyridine rings is 2. The van der Waals surface area contributed by atoms with Crippen LogP contribution in [0.1, 0.15) is 0 Å². The fourth-order valence-electron chi connectivity index (χ4n) is 3.52. The van der Waals surface area contributed by atoms with Crippen LogP contribution in [0.5, 0.6) is 11.5 Å². The van der Waals surface area contributed by atoms with Crippen LogP contribution >= 0.6 is 0 Å². The molecule has 0 aliphatic carbocycles. The van der Waals surface area contributed by atoms with Crippen LogP contribution in [0.3, 0.4) is 0 Å². The van der Waals surface area contributed by atoms with Gasteiger partial charge in [0.2, 0.25) is 5.56 Å². The number of nitrogens with zero attached hydrogens (tertiary/aromatic N) is 1. The summed E-state index contributed by atoms with van der Waals surface area (Å²) in [5.41, 5.74) is 1.54. The first-order valence-corrected chi connectivity index (χ1v) is 10.2. The molecule has 2 aromatic heterocycles. The summed E-state index contributed by atoms with van der Waals surface area (Å²) in [6.45, 7) is 1.57. The first kappa shape index (κ1) is 21.6. The van der Waals surface area contributed by atoms with Crippen LogP contribution in [0.25, 0.3) is 21.8 Å². The van der Waals surface area contributed by atoms with E-state index in [-0.39, 0.29) is 17.4 Å². The van der Waals surface area contributed by atoms with Crippen molar-refractivity contribution in [2.75, 3.05) is 27.4 Å². The number of H-pyrrole nitrogens is 1. The maximum absolute atomic E-state index is 12.0. The van der Waals surface area contributed by atoms with Crippen molar-refractivity contribution >= 4 is 21.8 Å². The Morgan fingerprint density at radius 2 is 1.53 bits per heavy atom. The van der Waals surface area contributed by atoms with Crippen molar-refractivity contribution in [3.05, 3.63) is 81.4 Å². The molecule has 8 heteroatoms. The topological polar surface area (TPSA) is 91.8 Å². The minimum Gasteiger partial charge on any atom is -0.497 e. The summed E-state index contributed by atoms with van der Waals surface area (Å²) in [6, 6.07) is 17.8. The SMILES string of the molecule is COc1ccc2[nH]c(=O)ccc2c1.COc1ccc2c(ccc(=O)n2CC2OCCO2)c1. The summed E-state index contributed by atoms with van der Waals surface area (Å²) >= 11 is 0. The average Bonchev–Trinajstić information content (AvgIpc) is 3.34. The quantitative estimate of drug-likeness (QED) is 0.529. The molecule has 1 fully saturated rings. The van der Waals surface area contributed by atoms with Gasteiger partial charge in [-0.05, 0) is 48.5 Å². The zero-order valence-electron chi connectivity index (χ0n) is 17.9. The Labute approximate surface area is 183 Å². The Bertz CT molecular complexity index is 1340. The molecule has 4 aromatic rings. The molecule has 2 aromatic carbocycles. The van der Waals surface area contributed by atoms with Crippen LogP contribution in [0, 0.1) is 0 Å². The van der Waals surface area contributed by atoms with Crippen molar-refractivity contribution in [2.45, 2.75) is 12.8 Å². The predicted molar refractivity (Wildman–Crippen MR) is 122 cm³/mol. The average molecular weight is 436 g/mol. The minimum absolute atomic E-state index is 0.0585. The van der Waals surface area contributed by atoms with Crippen molar-refractivity contribution in [1.29, 1.82) is 0 Å². The normalized spacial score (nSPS) is 13.7. The van der Waals surface area contributed by atoms with Gasteiger partial charge in [0, 0.05) is 28.4 Å². The maximum atomic E-state index is 12.0. The second-order valence-electron chi connectivity index (χ2n) is 7.15. The first-order chi connectivity index (χ1) is 15.6. The molecule has 0 amide bonds. The molecule has 1 saturated heterocycles. The molecule has 1 aliphatic heterocycles. The van der Waals surface area contributed by atoms with Crippen LogP contribution in [-0.2, 0) is 16.0 Å². The molecule has 5 rings (SSSR count). The number of aromatic amines is 1. The van der Waals surface area contributed by atoms with Gasteiger partial charge in [-0.1, -0.05) is 0 Å². The van der Waals surface area contributed by atoms with Gasteiger partial charge >= 0.3 is 0 Å². The Kier molecular flexibility index (Phi) is 6.53. The lowest BCUT2D eigenvalue weighted by molar-refractivity contribution is -0.0522. The van der Waals surface area contributed by atoms with Gasteiger partial charge in [0.1, 0.15) is 11.5 Å². The van der Waals surface area contributed by atoms with Gasteiger partial charge in [-0.15, -0.1) is 0 Å². The number of rotatable bonds is 4. The zero-order valence-corrected chi connectivity index (χ0v) is 17.9. The highest BCUT2D eigenvalue weighted by Crippen LogP contribution is 2.20. The van der Waals surface area contributed by atoms with Crippen LogP contribution in [0.4, 0.5) is 0 Å². The van der Waals surface area contributed by atoms with Crippen molar-refractivity contribution in [1.82, 2.24) is 9.55 Å². The van der Waals surface area contributed by atoms with Crippen LogP contribution in [-0.4, -0.2) is 43.3 Å². The largest absolute Gasteiger partial charge is 0.497 e. The summed E-state index contributed by atoms with van der Waals surface area (Å²) < 4.78 is 22.7. The van der Waals surface area contributed by atoms with Crippen LogP contribution in [0.2, 0.25) is 0 Å². The molecular weight excluding hydrogens is 412 g/mol. The second kappa shape index (κ2) is 9.67. The van der Waals surface area contributed by atoms with E-state index in [1.54, 1.807) is 37.0 Å². The number of aromatic nitrogens is 2. The van der Waals surface area contributed by atoms with E-state index < -0.39 is 0 Å². The molecule has 0 spiro atoms.